The van der Waals surface area contributed by atoms with Gasteiger partial charge >= 0.3 is 0 Å². The molecule has 0 amide bonds. The van der Waals surface area contributed by atoms with Gasteiger partial charge in [-0.15, -0.1) is 11.3 Å². The SMILES string of the molecule is C=Cc1c(/C=C\C)c(-c2ccc(-c3sc4ccccc4c3-c3ccccc3)cc2)c2ccc(N(c3c#cccc3)c3ccccc3)cc2c1-c1ccccc1. The molecule has 2 heteroatoms. The van der Waals surface area contributed by atoms with Crippen LogP contribution >= 0.6 is 11.3 Å². The van der Waals surface area contributed by atoms with E-state index >= 15 is 0 Å². The van der Waals surface area contributed by atoms with E-state index in [1.54, 1.807) is 0 Å². The second-order valence-electron chi connectivity index (χ2n) is 13.5. The molecule has 0 aliphatic heterocycles. The molecule has 0 aliphatic carbocycles. The van der Waals surface area contributed by atoms with E-state index in [1.165, 1.54) is 42.6 Å². The van der Waals surface area contributed by atoms with Crippen molar-refractivity contribution in [3.8, 4) is 43.8 Å². The van der Waals surface area contributed by atoms with Gasteiger partial charge in [-0.25, -0.2) is 0 Å². The standard InChI is InChI=1S/C53H37NS/c1-3-19-45-44(4-2)50(37-20-9-5-10-21-37)48-36-43(54(41-24-13-7-14-25-41)42-26-15-8-16-27-42)34-35-46(48)51(45)39-30-32-40(33-31-39)53-52(38-22-11-6-12-23-38)47-28-17-18-29-49(47)55-53/h3-15,17-26,28-36H,2H2,1H3/b19-3-. The summed E-state index contributed by atoms with van der Waals surface area (Å²) in [5.41, 5.74) is 13.7. The number of nitrogens with zero attached hydrogens (tertiary/aromatic N) is 1. The Morgan fingerprint density at radius 3 is 1.82 bits per heavy atom. The third kappa shape index (κ3) is 6.21. The molecular weight excluding hydrogens is 683 g/mol. The van der Waals surface area contributed by atoms with Gasteiger partial charge in [0.25, 0.3) is 0 Å². The summed E-state index contributed by atoms with van der Waals surface area (Å²) in [6.45, 7) is 6.51. The Labute approximate surface area is 327 Å². The molecule has 55 heavy (non-hydrogen) atoms. The predicted molar refractivity (Wildman–Crippen MR) is 238 cm³/mol. The van der Waals surface area contributed by atoms with Crippen molar-refractivity contribution in [1.82, 2.24) is 0 Å². The highest BCUT2D eigenvalue weighted by atomic mass is 32.1. The average molecular weight is 720 g/mol. The molecule has 0 bridgehead atoms. The zero-order valence-corrected chi connectivity index (χ0v) is 31.4. The van der Waals surface area contributed by atoms with Crippen molar-refractivity contribution in [3.05, 3.63) is 212 Å². The molecule has 9 aromatic rings. The predicted octanol–water partition coefficient (Wildman–Crippen LogP) is 15.5. The Morgan fingerprint density at radius 2 is 1.15 bits per heavy atom. The van der Waals surface area contributed by atoms with Crippen LogP contribution < -0.4 is 4.90 Å². The summed E-state index contributed by atoms with van der Waals surface area (Å²) in [5.74, 6) is 0. The fourth-order valence-electron chi connectivity index (χ4n) is 7.84. The van der Waals surface area contributed by atoms with E-state index in [9.17, 15) is 0 Å². The lowest BCUT2D eigenvalue weighted by Crippen LogP contribution is -2.09. The molecule has 0 aliphatic rings. The summed E-state index contributed by atoms with van der Waals surface area (Å²) in [7, 11) is 0. The molecule has 0 spiro atoms. The smallest absolute Gasteiger partial charge is 0.0973 e. The van der Waals surface area contributed by atoms with Gasteiger partial charge in [0.2, 0.25) is 0 Å². The van der Waals surface area contributed by atoms with Crippen molar-refractivity contribution in [2.24, 2.45) is 0 Å². The van der Waals surface area contributed by atoms with Gasteiger partial charge in [0.05, 0.1) is 5.69 Å². The summed E-state index contributed by atoms with van der Waals surface area (Å²) in [6.07, 6.45) is 6.40. The van der Waals surface area contributed by atoms with Crippen molar-refractivity contribution in [3.63, 3.8) is 0 Å². The van der Waals surface area contributed by atoms with Crippen molar-refractivity contribution in [2.45, 2.75) is 6.92 Å². The zero-order valence-electron chi connectivity index (χ0n) is 30.5. The van der Waals surface area contributed by atoms with Gasteiger partial charge in [0.1, 0.15) is 0 Å². The average Bonchev–Trinajstić information content (AvgIpc) is 3.65. The number of anilines is 3. The fraction of sp³-hybridized carbons (Fsp3) is 0.0189. The van der Waals surface area contributed by atoms with Crippen molar-refractivity contribution in [1.29, 1.82) is 0 Å². The third-order valence-corrected chi connectivity index (χ3v) is 11.4. The Balaban J connectivity index is 1.28. The van der Waals surface area contributed by atoms with Crippen molar-refractivity contribution in [2.75, 3.05) is 4.90 Å². The lowest BCUT2D eigenvalue weighted by Gasteiger charge is -2.26. The maximum absolute atomic E-state index is 4.42. The summed E-state index contributed by atoms with van der Waals surface area (Å²) in [5, 5.41) is 3.62. The normalized spacial score (nSPS) is 11.2. The first kappa shape index (κ1) is 33.9. The summed E-state index contributed by atoms with van der Waals surface area (Å²) in [4.78, 5) is 3.53. The van der Waals surface area contributed by atoms with Gasteiger partial charge in [-0.1, -0.05) is 164 Å². The topological polar surface area (TPSA) is 3.24 Å². The van der Waals surface area contributed by atoms with Crippen LogP contribution in [0.25, 0.3) is 76.8 Å². The van der Waals surface area contributed by atoms with Crippen molar-refractivity contribution < 1.29 is 0 Å². The minimum absolute atomic E-state index is 0.927. The number of thiophene rings is 1. The molecule has 1 nitrogen and oxygen atoms in total. The molecule has 0 fully saturated rings. The Kier molecular flexibility index (Phi) is 9.14. The molecule has 0 atom stereocenters. The first-order valence-corrected chi connectivity index (χ1v) is 19.4. The largest absolute Gasteiger partial charge is 0.303 e. The van der Waals surface area contributed by atoms with E-state index in [4.69, 9.17) is 0 Å². The van der Waals surface area contributed by atoms with Gasteiger partial charge < -0.3 is 4.90 Å². The summed E-state index contributed by atoms with van der Waals surface area (Å²) < 4.78 is 1.29. The number of hydrogen-bond acceptors (Lipinski definition) is 2. The second kappa shape index (κ2) is 14.8. The minimum Gasteiger partial charge on any atom is -0.303 e. The molecule has 0 saturated carbocycles. The van der Waals surface area contributed by atoms with E-state index in [-0.39, 0.29) is 0 Å². The van der Waals surface area contributed by atoms with Crippen LogP contribution in [-0.4, -0.2) is 0 Å². The van der Waals surface area contributed by atoms with Crippen molar-refractivity contribution >= 4 is 61.4 Å². The van der Waals surface area contributed by atoms with E-state index in [2.05, 4.69) is 206 Å². The Morgan fingerprint density at radius 1 is 0.527 bits per heavy atom. The molecule has 0 N–H and O–H groups in total. The maximum atomic E-state index is 4.42. The van der Waals surface area contributed by atoms with Crippen LogP contribution in [0.5, 0.6) is 0 Å². The lowest BCUT2D eigenvalue weighted by molar-refractivity contribution is 1.29. The number of hydrogen-bond donors (Lipinski definition) is 0. The highest BCUT2D eigenvalue weighted by molar-refractivity contribution is 7.23. The number of rotatable bonds is 9. The van der Waals surface area contributed by atoms with Crippen LogP contribution in [-0.2, 0) is 0 Å². The molecule has 1 heterocycles. The number of para-hydroxylation sites is 1. The molecule has 0 unspecified atom stereocenters. The van der Waals surface area contributed by atoms with E-state index in [0.29, 0.717) is 0 Å². The van der Waals surface area contributed by atoms with Crippen LogP contribution in [0.2, 0.25) is 0 Å². The molecule has 8 aromatic carbocycles. The van der Waals surface area contributed by atoms with Gasteiger partial charge in [-0.05, 0) is 111 Å². The first-order valence-electron chi connectivity index (χ1n) is 18.6. The van der Waals surface area contributed by atoms with Crippen LogP contribution in [0.15, 0.2) is 189 Å². The van der Waals surface area contributed by atoms with Gasteiger partial charge in [0, 0.05) is 31.9 Å². The van der Waals surface area contributed by atoms with Crippen LogP contribution in [0.3, 0.4) is 0 Å². The molecular formula is C53H37NS. The molecule has 9 rings (SSSR count). The highest BCUT2D eigenvalue weighted by Gasteiger charge is 2.22. The second-order valence-corrected chi connectivity index (χ2v) is 14.5. The molecule has 260 valence electrons. The number of benzene rings is 7. The summed E-state index contributed by atoms with van der Waals surface area (Å²) in [6, 6.07) is 69.3. The third-order valence-electron chi connectivity index (χ3n) is 10.2. The van der Waals surface area contributed by atoms with E-state index < -0.39 is 0 Å². The lowest BCUT2D eigenvalue weighted by atomic mass is 9.83. The minimum atomic E-state index is 0.927. The Hall–Kier alpha value is -6.92. The van der Waals surface area contributed by atoms with Gasteiger partial charge in [0.15, 0.2) is 0 Å². The van der Waals surface area contributed by atoms with E-state index in [1.807, 2.05) is 29.5 Å². The van der Waals surface area contributed by atoms with Crippen LogP contribution in [0.4, 0.5) is 17.1 Å². The van der Waals surface area contributed by atoms with E-state index in [0.717, 1.165) is 50.3 Å². The highest BCUT2D eigenvalue weighted by Crippen LogP contribution is 2.48. The first-order chi connectivity index (χ1) is 27.2. The molecule has 0 saturated heterocycles. The van der Waals surface area contributed by atoms with Crippen LogP contribution in [0, 0.1) is 12.1 Å². The monoisotopic (exact) mass is 719 g/mol. The number of fused-ring (bicyclic) bond motifs is 2. The van der Waals surface area contributed by atoms with Gasteiger partial charge in [-0.3, -0.25) is 0 Å². The van der Waals surface area contributed by atoms with Crippen LogP contribution in [0.1, 0.15) is 18.1 Å². The Bertz CT molecular complexity index is 2760. The zero-order chi connectivity index (χ0) is 37.1. The number of allylic oxidation sites excluding steroid dienone is 1. The maximum Gasteiger partial charge on any atom is 0.0973 e. The molecule has 0 radical (unpaired) electrons. The summed E-state index contributed by atoms with van der Waals surface area (Å²) >= 11 is 1.86. The quantitative estimate of drug-likeness (QED) is 0.144. The molecule has 1 aromatic heterocycles. The fourth-order valence-corrected chi connectivity index (χ4v) is 9.07. The van der Waals surface area contributed by atoms with Gasteiger partial charge in [-0.2, -0.15) is 0 Å².